The van der Waals surface area contributed by atoms with Gasteiger partial charge in [0, 0.05) is 0 Å². The summed E-state index contributed by atoms with van der Waals surface area (Å²) in [6.45, 7) is 0. The molecule has 0 N–H and O–H groups in total. The van der Waals surface area contributed by atoms with Crippen LogP contribution in [0.2, 0.25) is 0 Å². The number of nitrogens with zero attached hydrogens (tertiary/aromatic N) is 2. The van der Waals surface area contributed by atoms with Crippen molar-refractivity contribution >= 4 is 5.69 Å². The number of nitro groups is 1. The Morgan fingerprint density at radius 3 is 2.60 bits per heavy atom. The Hall–Kier alpha value is -3.07. The minimum atomic E-state index is -0.563. The maximum Gasteiger partial charge on any atom is 0.315 e. The lowest BCUT2D eigenvalue weighted by Gasteiger charge is -2.08. The molecular formula is C14H10N2O4. The number of benzene rings is 2. The van der Waals surface area contributed by atoms with E-state index in [0.717, 1.165) is 0 Å². The maximum absolute atomic E-state index is 11.0. The van der Waals surface area contributed by atoms with E-state index >= 15 is 0 Å². The Kier molecular flexibility index (Phi) is 3.82. The minimum absolute atomic E-state index is 0.0542. The van der Waals surface area contributed by atoms with Crippen molar-refractivity contribution in [1.29, 1.82) is 5.26 Å². The SMILES string of the molecule is COc1ccc(Oc2ccccc2C#N)c([N+](=O)[O-])c1. The molecule has 0 saturated heterocycles. The molecule has 0 radical (unpaired) electrons. The zero-order valence-electron chi connectivity index (χ0n) is 10.6. The van der Waals surface area contributed by atoms with Gasteiger partial charge in [-0.25, -0.2) is 0 Å². The topological polar surface area (TPSA) is 85.4 Å². The fourth-order valence-electron chi connectivity index (χ4n) is 1.62. The highest BCUT2D eigenvalue weighted by Crippen LogP contribution is 2.35. The van der Waals surface area contributed by atoms with Crippen molar-refractivity contribution in [3.63, 3.8) is 0 Å². The Bertz CT molecular complexity index is 692. The second kappa shape index (κ2) is 5.71. The average Bonchev–Trinajstić information content (AvgIpc) is 2.48. The van der Waals surface area contributed by atoms with Gasteiger partial charge < -0.3 is 9.47 Å². The Morgan fingerprint density at radius 2 is 1.95 bits per heavy atom. The number of hydrogen-bond donors (Lipinski definition) is 0. The molecule has 0 fully saturated rings. The zero-order valence-corrected chi connectivity index (χ0v) is 10.6. The van der Waals surface area contributed by atoms with Crippen LogP contribution in [-0.2, 0) is 0 Å². The lowest BCUT2D eigenvalue weighted by atomic mass is 10.2. The van der Waals surface area contributed by atoms with Crippen molar-refractivity contribution in [3.05, 3.63) is 58.1 Å². The molecule has 2 rings (SSSR count). The maximum atomic E-state index is 11.0. The van der Waals surface area contributed by atoms with Crippen LogP contribution in [0, 0.1) is 21.4 Å². The van der Waals surface area contributed by atoms with Gasteiger partial charge in [0.1, 0.15) is 17.6 Å². The molecule has 20 heavy (non-hydrogen) atoms. The summed E-state index contributed by atoms with van der Waals surface area (Å²) in [5.74, 6) is 0.680. The summed E-state index contributed by atoms with van der Waals surface area (Å²) in [6.07, 6.45) is 0. The second-order valence-corrected chi connectivity index (χ2v) is 3.80. The van der Waals surface area contributed by atoms with E-state index in [-0.39, 0.29) is 17.2 Å². The molecular weight excluding hydrogens is 260 g/mol. The molecule has 0 aliphatic rings. The number of ether oxygens (including phenoxy) is 2. The smallest absolute Gasteiger partial charge is 0.315 e. The van der Waals surface area contributed by atoms with Crippen LogP contribution >= 0.6 is 0 Å². The van der Waals surface area contributed by atoms with Crippen LogP contribution in [0.4, 0.5) is 5.69 Å². The van der Waals surface area contributed by atoms with Crippen molar-refractivity contribution in [2.75, 3.05) is 7.11 Å². The van der Waals surface area contributed by atoms with E-state index < -0.39 is 4.92 Å². The molecule has 2 aromatic rings. The molecule has 0 spiro atoms. The van der Waals surface area contributed by atoms with Crippen LogP contribution in [0.25, 0.3) is 0 Å². The van der Waals surface area contributed by atoms with E-state index in [2.05, 4.69) is 0 Å². The highest BCUT2D eigenvalue weighted by atomic mass is 16.6. The first-order chi connectivity index (χ1) is 9.65. The fourth-order valence-corrected chi connectivity index (χ4v) is 1.62. The summed E-state index contributed by atoms with van der Waals surface area (Å²) in [5, 5.41) is 20.0. The lowest BCUT2D eigenvalue weighted by molar-refractivity contribution is -0.385. The standard InChI is InChI=1S/C14H10N2O4/c1-19-11-6-7-14(12(8-11)16(17)18)20-13-5-3-2-4-10(13)9-15/h2-8H,1H3. The summed E-state index contributed by atoms with van der Waals surface area (Å²) in [5.41, 5.74) is 0.0784. The van der Waals surface area contributed by atoms with Crippen molar-refractivity contribution in [2.45, 2.75) is 0 Å². The molecule has 0 bridgehead atoms. The van der Waals surface area contributed by atoms with Gasteiger partial charge in [0.15, 0.2) is 0 Å². The van der Waals surface area contributed by atoms with Gasteiger partial charge in [-0.2, -0.15) is 5.26 Å². The molecule has 6 nitrogen and oxygen atoms in total. The quantitative estimate of drug-likeness (QED) is 0.628. The molecule has 0 aliphatic carbocycles. The normalized spacial score (nSPS) is 9.60. The van der Waals surface area contributed by atoms with E-state index in [1.54, 1.807) is 30.3 Å². The number of rotatable bonds is 4. The third-order valence-electron chi connectivity index (χ3n) is 2.59. The largest absolute Gasteiger partial charge is 0.496 e. The Labute approximate surface area is 114 Å². The van der Waals surface area contributed by atoms with Gasteiger partial charge in [-0.3, -0.25) is 10.1 Å². The first-order valence-electron chi connectivity index (χ1n) is 5.65. The van der Waals surface area contributed by atoms with E-state index in [4.69, 9.17) is 14.7 Å². The number of nitriles is 1. The van der Waals surface area contributed by atoms with Gasteiger partial charge in [0.2, 0.25) is 5.75 Å². The van der Waals surface area contributed by atoms with Crippen LogP contribution in [0.1, 0.15) is 5.56 Å². The monoisotopic (exact) mass is 270 g/mol. The Morgan fingerprint density at radius 1 is 1.20 bits per heavy atom. The molecule has 0 amide bonds. The molecule has 0 atom stereocenters. The zero-order chi connectivity index (χ0) is 14.5. The molecule has 0 aromatic heterocycles. The van der Waals surface area contributed by atoms with Crippen molar-refractivity contribution in [1.82, 2.24) is 0 Å². The third-order valence-corrected chi connectivity index (χ3v) is 2.59. The molecule has 0 unspecified atom stereocenters. The van der Waals surface area contributed by atoms with Crippen LogP contribution in [0.15, 0.2) is 42.5 Å². The van der Waals surface area contributed by atoms with Crippen LogP contribution in [-0.4, -0.2) is 12.0 Å². The van der Waals surface area contributed by atoms with Gasteiger partial charge in [-0.05, 0) is 24.3 Å². The van der Waals surface area contributed by atoms with Crippen molar-refractivity contribution in [3.8, 4) is 23.3 Å². The highest BCUT2D eigenvalue weighted by molar-refractivity contribution is 5.54. The second-order valence-electron chi connectivity index (χ2n) is 3.80. The van der Waals surface area contributed by atoms with Gasteiger partial charge in [0.05, 0.1) is 23.7 Å². The Balaban J connectivity index is 2.43. The number of nitro benzene ring substituents is 1. The summed E-state index contributed by atoms with van der Waals surface area (Å²) < 4.78 is 10.4. The van der Waals surface area contributed by atoms with Gasteiger partial charge in [0.25, 0.3) is 0 Å². The fraction of sp³-hybridized carbons (Fsp3) is 0.0714. The first kappa shape index (κ1) is 13.4. The predicted octanol–water partition coefficient (Wildman–Crippen LogP) is 3.27. The van der Waals surface area contributed by atoms with Crippen LogP contribution in [0.3, 0.4) is 0 Å². The lowest BCUT2D eigenvalue weighted by Crippen LogP contribution is -1.95. The van der Waals surface area contributed by atoms with E-state index in [1.807, 2.05) is 6.07 Å². The van der Waals surface area contributed by atoms with E-state index in [9.17, 15) is 10.1 Å². The third kappa shape index (κ3) is 2.67. The van der Waals surface area contributed by atoms with Crippen LogP contribution in [0.5, 0.6) is 17.2 Å². The van der Waals surface area contributed by atoms with E-state index in [0.29, 0.717) is 11.3 Å². The molecule has 2 aromatic carbocycles. The minimum Gasteiger partial charge on any atom is -0.496 e. The summed E-state index contributed by atoms with van der Waals surface area (Å²) in [7, 11) is 1.42. The molecule has 0 aliphatic heterocycles. The molecule has 0 heterocycles. The number of hydrogen-bond acceptors (Lipinski definition) is 5. The van der Waals surface area contributed by atoms with E-state index in [1.165, 1.54) is 19.2 Å². The molecule has 100 valence electrons. The van der Waals surface area contributed by atoms with Gasteiger partial charge in [-0.1, -0.05) is 12.1 Å². The van der Waals surface area contributed by atoms with Gasteiger partial charge in [-0.15, -0.1) is 0 Å². The summed E-state index contributed by atoms with van der Waals surface area (Å²) in [6, 6.07) is 12.7. The summed E-state index contributed by atoms with van der Waals surface area (Å²) >= 11 is 0. The van der Waals surface area contributed by atoms with Crippen LogP contribution < -0.4 is 9.47 Å². The highest BCUT2D eigenvalue weighted by Gasteiger charge is 2.18. The van der Waals surface area contributed by atoms with Crippen molar-refractivity contribution < 1.29 is 14.4 Å². The predicted molar refractivity (Wildman–Crippen MR) is 70.9 cm³/mol. The summed E-state index contributed by atoms with van der Waals surface area (Å²) in [4.78, 5) is 10.5. The average molecular weight is 270 g/mol. The molecule has 6 heteroatoms. The number of para-hydroxylation sites is 1. The molecule has 0 saturated carbocycles. The van der Waals surface area contributed by atoms with Gasteiger partial charge >= 0.3 is 5.69 Å². The first-order valence-corrected chi connectivity index (χ1v) is 5.65. The number of methoxy groups -OCH3 is 1. The van der Waals surface area contributed by atoms with Crippen molar-refractivity contribution in [2.24, 2.45) is 0 Å².